The number of morpholine rings is 1. The first-order chi connectivity index (χ1) is 10.1. The fraction of sp³-hybridized carbons (Fsp3) is 0.400. The van der Waals surface area contributed by atoms with E-state index in [1.54, 1.807) is 4.90 Å². The molecule has 0 aliphatic carbocycles. The zero-order chi connectivity index (χ0) is 15.4. The van der Waals surface area contributed by atoms with Crippen LogP contribution in [0.3, 0.4) is 0 Å². The van der Waals surface area contributed by atoms with E-state index in [1.165, 1.54) is 0 Å². The second-order valence-corrected chi connectivity index (χ2v) is 4.93. The van der Waals surface area contributed by atoms with Gasteiger partial charge in [-0.05, 0) is 25.5 Å². The number of rotatable bonds is 1. The minimum absolute atomic E-state index is 0.138. The van der Waals surface area contributed by atoms with Crippen molar-refractivity contribution < 1.29 is 4.74 Å². The molecule has 6 heteroatoms. The smallest absolute Gasteiger partial charge is 0.141 e. The van der Waals surface area contributed by atoms with Gasteiger partial charge in [-0.25, -0.2) is 0 Å². The maximum Gasteiger partial charge on any atom is 0.141 e. The standard InChI is InChI=1S/C15H17N5O/c1-10-7-11(2)19-14(12(10)8-16)13(9-17)15(18)20-3-5-21-6-4-20/h7,18-19H,3-6H2,1-2H3/b14-13-,18-15?. The zero-order valence-corrected chi connectivity index (χ0v) is 12.2. The molecule has 0 spiro atoms. The third kappa shape index (κ3) is 2.96. The molecule has 21 heavy (non-hydrogen) atoms. The van der Waals surface area contributed by atoms with E-state index in [-0.39, 0.29) is 11.4 Å². The molecule has 6 nitrogen and oxygen atoms in total. The van der Waals surface area contributed by atoms with Crippen molar-refractivity contribution in [3.05, 3.63) is 34.2 Å². The molecule has 0 aromatic rings. The number of nitriles is 2. The van der Waals surface area contributed by atoms with E-state index >= 15 is 0 Å². The van der Waals surface area contributed by atoms with E-state index in [2.05, 4.69) is 17.5 Å². The Hall–Kier alpha value is -2.57. The molecule has 2 aliphatic heterocycles. The van der Waals surface area contributed by atoms with Gasteiger partial charge in [0.15, 0.2) is 0 Å². The fourth-order valence-corrected chi connectivity index (χ4v) is 2.39. The second-order valence-electron chi connectivity index (χ2n) is 4.93. The van der Waals surface area contributed by atoms with Crippen molar-refractivity contribution in [3.63, 3.8) is 0 Å². The predicted molar refractivity (Wildman–Crippen MR) is 78.0 cm³/mol. The Kier molecular flexibility index (Phi) is 4.42. The SMILES string of the molecule is CC1=CC(C)=C(C#N)/C(=C(\C#N)C(=N)N2CCOCC2)N1. The third-order valence-corrected chi connectivity index (χ3v) is 3.44. The highest BCUT2D eigenvalue weighted by atomic mass is 16.5. The number of nitrogens with one attached hydrogen (secondary N) is 2. The Labute approximate surface area is 124 Å². The van der Waals surface area contributed by atoms with Crippen molar-refractivity contribution in [3.8, 4) is 12.1 Å². The zero-order valence-electron chi connectivity index (χ0n) is 12.2. The Morgan fingerprint density at radius 2 is 2.00 bits per heavy atom. The van der Waals surface area contributed by atoms with Crippen LogP contribution in [-0.4, -0.2) is 37.0 Å². The first-order valence-electron chi connectivity index (χ1n) is 6.71. The van der Waals surface area contributed by atoms with Gasteiger partial charge >= 0.3 is 0 Å². The van der Waals surface area contributed by atoms with Crippen molar-refractivity contribution >= 4 is 5.84 Å². The molecule has 1 fully saturated rings. The molecule has 0 aromatic heterocycles. The van der Waals surface area contributed by atoms with E-state index in [4.69, 9.17) is 10.1 Å². The number of hydrogen-bond acceptors (Lipinski definition) is 5. The number of amidine groups is 1. The molecule has 2 aliphatic rings. The van der Waals surface area contributed by atoms with Crippen LogP contribution >= 0.6 is 0 Å². The lowest BCUT2D eigenvalue weighted by Gasteiger charge is -2.30. The molecule has 0 unspecified atom stereocenters. The van der Waals surface area contributed by atoms with Gasteiger partial charge in [-0.3, -0.25) is 5.41 Å². The van der Waals surface area contributed by atoms with Crippen LogP contribution in [0, 0.1) is 28.1 Å². The first kappa shape index (κ1) is 14.8. The van der Waals surface area contributed by atoms with E-state index in [0.29, 0.717) is 37.6 Å². The fourth-order valence-electron chi connectivity index (χ4n) is 2.39. The molecule has 2 N–H and O–H groups in total. The van der Waals surface area contributed by atoms with E-state index in [0.717, 1.165) is 11.3 Å². The lowest BCUT2D eigenvalue weighted by Crippen LogP contribution is -2.41. The predicted octanol–water partition coefficient (Wildman–Crippen LogP) is 1.42. The average molecular weight is 283 g/mol. The summed E-state index contributed by atoms with van der Waals surface area (Å²) in [4.78, 5) is 1.80. The van der Waals surface area contributed by atoms with Crippen molar-refractivity contribution in [2.75, 3.05) is 26.3 Å². The molecule has 0 aromatic carbocycles. The molecule has 0 radical (unpaired) electrons. The topological polar surface area (TPSA) is 95.9 Å². The summed E-state index contributed by atoms with van der Waals surface area (Å²) < 4.78 is 5.26. The van der Waals surface area contributed by atoms with Crippen LogP contribution < -0.4 is 5.32 Å². The molecule has 2 rings (SSSR count). The molecular weight excluding hydrogens is 266 g/mol. The minimum atomic E-state index is 0.138. The largest absolute Gasteiger partial charge is 0.378 e. The van der Waals surface area contributed by atoms with Gasteiger partial charge in [0.05, 0.1) is 24.5 Å². The third-order valence-electron chi connectivity index (χ3n) is 3.44. The monoisotopic (exact) mass is 283 g/mol. The Balaban J connectivity index is 2.44. The van der Waals surface area contributed by atoms with Gasteiger partial charge in [0.2, 0.25) is 0 Å². The normalized spacial score (nSPS) is 21.0. The van der Waals surface area contributed by atoms with Crippen LogP contribution in [0.5, 0.6) is 0 Å². The van der Waals surface area contributed by atoms with Gasteiger partial charge in [-0.15, -0.1) is 0 Å². The summed E-state index contributed by atoms with van der Waals surface area (Å²) in [5.74, 6) is 0.138. The van der Waals surface area contributed by atoms with Crippen LogP contribution in [0.25, 0.3) is 0 Å². The van der Waals surface area contributed by atoms with Crippen LogP contribution in [0.1, 0.15) is 13.8 Å². The van der Waals surface area contributed by atoms with Gasteiger partial charge in [-0.2, -0.15) is 10.5 Å². The molecule has 108 valence electrons. The first-order valence-corrected chi connectivity index (χ1v) is 6.71. The van der Waals surface area contributed by atoms with Crippen LogP contribution in [0.4, 0.5) is 0 Å². The molecule has 0 amide bonds. The summed E-state index contributed by atoms with van der Waals surface area (Å²) in [5.41, 5.74) is 2.68. The molecule has 0 saturated carbocycles. The molecule has 0 bridgehead atoms. The maximum absolute atomic E-state index is 9.47. The van der Waals surface area contributed by atoms with Gasteiger partial charge in [-0.1, -0.05) is 0 Å². The highest BCUT2D eigenvalue weighted by Gasteiger charge is 2.24. The van der Waals surface area contributed by atoms with Crippen LogP contribution in [0.2, 0.25) is 0 Å². The summed E-state index contributed by atoms with van der Waals surface area (Å²) in [6.45, 7) is 5.94. The molecule has 1 saturated heterocycles. The molecular formula is C15H17N5O. The number of nitrogens with zero attached hydrogens (tertiary/aromatic N) is 3. The van der Waals surface area contributed by atoms with Gasteiger partial charge in [0.25, 0.3) is 0 Å². The maximum atomic E-state index is 9.47. The number of ether oxygens (including phenoxy) is 1. The Bertz CT molecular complexity index is 636. The summed E-state index contributed by atoms with van der Waals surface area (Å²) in [6, 6.07) is 4.19. The van der Waals surface area contributed by atoms with Crippen molar-refractivity contribution in [2.24, 2.45) is 0 Å². The summed E-state index contributed by atoms with van der Waals surface area (Å²) in [7, 11) is 0. The van der Waals surface area contributed by atoms with Gasteiger partial charge in [0.1, 0.15) is 23.5 Å². The van der Waals surface area contributed by atoms with Crippen molar-refractivity contribution in [2.45, 2.75) is 13.8 Å². The highest BCUT2D eigenvalue weighted by molar-refractivity contribution is 6.01. The van der Waals surface area contributed by atoms with Gasteiger partial charge in [0, 0.05) is 18.8 Å². The van der Waals surface area contributed by atoms with Crippen molar-refractivity contribution in [1.82, 2.24) is 10.2 Å². The van der Waals surface area contributed by atoms with Gasteiger partial charge < -0.3 is 15.0 Å². The quantitative estimate of drug-likeness (QED) is 0.431. The lowest BCUT2D eigenvalue weighted by molar-refractivity contribution is 0.0679. The Morgan fingerprint density at radius 1 is 1.33 bits per heavy atom. The lowest BCUT2D eigenvalue weighted by atomic mass is 9.98. The van der Waals surface area contributed by atoms with Crippen LogP contribution in [-0.2, 0) is 4.74 Å². The van der Waals surface area contributed by atoms with Crippen LogP contribution in [0.15, 0.2) is 34.2 Å². The van der Waals surface area contributed by atoms with Crippen molar-refractivity contribution in [1.29, 1.82) is 15.9 Å². The Morgan fingerprint density at radius 3 is 2.57 bits per heavy atom. The number of hydrogen-bond donors (Lipinski definition) is 2. The number of dihydropyridines is 1. The molecule has 2 heterocycles. The van der Waals surface area contributed by atoms with E-state index in [9.17, 15) is 10.5 Å². The summed E-state index contributed by atoms with van der Waals surface area (Å²) >= 11 is 0. The highest BCUT2D eigenvalue weighted by Crippen LogP contribution is 2.24. The minimum Gasteiger partial charge on any atom is -0.378 e. The molecule has 0 atom stereocenters. The summed E-state index contributed by atoms with van der Waals surface area (Å²) in [5, 5.41) is 30.1. The average Bonchev–Trinajstić information content (AvgIpc) is 2.48. The second kappa shape index (κ2) is 6.25. The van der Waals surface area contributed by atoms with E-state index < -0.39 is 0 Å². The van der Waals surface area contributed by atoms with E-state index in [1.807, 2.05) is 19.9 Å². The number of allylic oxidation sites excluding steroid dienone is 4. The summed E-state index contributed by atoms with van der Waals surface area (Å²) in [6.07, 6.45) is 1.86.